The Balaban J connectivity index is 1.89. The van der Waals surface area contributed by atoms with Crippen LogP contribution >= 0.6 is 46.6 Å². The van der Waals surface area contributed by atoms with Crippen LogP contribution in [0, 0.1) is 27.4 Å². The van der Waals surface area contributed by atoms with Crippen LogP contribution in [0.2, 0.25) is 0 Å². The van der Waals surface area contributed by atoms with Gasteiger partial charge in [-0.2, -0.15) is 0 Å². The van der Waals surface area contributed by atoms with Crippen molar-refractivity contribution >= 4 is 82.0 Å². The van der Waals surface area contributed by atoms with Gasteiger partial charge in [0.15, 0.2) is 4.84 Å². The number of nitrogens with one attached hydrogen (secondary N) is 2. The number of nitrogens with two attached hydrogens (primary N) is 1. The number of nitrogens with zero attached hydrogens (tertiary/aromatic N) is 2. The van der Waals surface area contributed by atoms with E-state index >= 15 is 0 Å². The fourth-order valence-corrected chi connectivity index (χ4v) is 9.15. The van der Waals surface area contributed by atoms with Crippen LogP contribution in [0.15, 0.2) is 24.3 Å². The summed E-state index contributed by atoms with van der Waals surface area (Å²) >= 11 is 18.7. The third kappa shape index (κ3) is 12.5. The SMILES string of the molecule is CCCC1CC(C(=O)N[C@H](C(C)Cl)[C@H]2O[C@H](SC)[C@H](C(CC(=O)O)(CC(N)C(=O)OCC(NC(=O)C(Cl)Cl)C(O)c3ccc([N+](=O)[O-])cc3)C(=O)O)[C@H](O)[C@H]2O)N(C)C1. The van der Waals surface area contributed by atoms with Gasteiger partial charge in [0.1, 0.15) is 36.4 Å². The van der Waals surface area contributed by atoms with E-state index in [1.807, 2.05) is 11.9 Å². The minimum absolute atomic E-state index is 0.0383. The number of aliphatic hydroxyl groups excluding tert-OH is 3. The number of hydrogen-bond donors (Lipinski definition) is 8. The summed E-state index contributed by atoms with van der Waals surface area (Å²) in [7, 11) is 1.82. The molecule has 3 rings (SSSR count). The van der Waals surface area contributed by atoms with Gasteiger partial charge in [-0.25, -0.2) is 0 Å². The fourth-order valence-electron chi connectivity index (χ4n) is 7.86. The van der Waals surface area contributed by atoms with Crippen molar-refractivity contribution < 1.29 is 63.9 Å². The Morgan fingerprint density at radius 2 is 1.75 bits per heavy atom. The maximum Gasteiger partial charge on any atom is 0.323 e. The second-order valence-corrected chi connectivity index (χ2v) is 17.7. The summed E-state index contributed by atoms with van der Waals surface area (Å²) in [4.78, 5) is 75.6. The first-order valence-electron chi connectivity index (χ1n) is 18.7. The average molecular weight is 917 g/mol. The molecule has 0 spiro atoms. The van der Waals surface area contributed by atoms with Crippen molar-refractivity contribution in [3.05, 3.63) is 39.9 Å². The minimum Gasteiger partial charge on any atom is -0.481 e. The first-order chi connectivity index (χ1) is 27.6. The number of rotatable bonds is 21. The number of carboxylic acid groups (broad SMARTS) is 2. The molecule has 2 aliphatic rings. The number of aliphatic hydroxyl groups is 3. The maximum absolute atomic E-state index is 13.6. The average Bonchev–Trinajstić information content (AvgIpc) is 3.54. The first kappa shape index (κ1) is 50.3. The van der Waals surface area contributed by atoms with Crippen LogP contribution < -0.4 is 16.4 Å². The van der Waals surface area contributed by atoms with E-state index in [0.717, 1.165) is 36.7 Å². The second kappa shape index (κ2) is 22.2. The predicted molar refractivity (Wildman–Crippen MR) is 216 cm³/mol. The molecular weight excluding hydrogens is 865 g/mol. The van der Waals surface area contributed by atoms with Crippen LogP contribution in [0.3, 0.4) is 0 Å². The molecule has 0 aromatic heterocycles. The zero-order valence-electron chi connectivity index (χ0n) is 32.7. The number of esters is 1. The van der Waals surface area contributed by atoms with E-state index in [2.05, 4.69) is 17.6 Å². The van der Waals surface area contributed by atoms with Gasteiger partial charge in [0.05, 0.1) is 46.4 Å². The number of alkyl halides is 3. The molecule has 1 aromatic carbocycles. The highest BCUT2D eigenvalue weighted by Gasteiger charge is 2.61. The maximum atomic E-state index is 13.6. The van der Waals surface area contributed by atoms with Crippen LogP contribution in [0.4, 0.5) is 5.69 Å². The standard InChI is InChI=1S/C36H52Cl3N5O14S/c1-5-6-17-11-22(43(3)14-17)31(50)42-25(16(2)37)29-28(49)27(48)24(34(58-29)59-4)36(35(53)54,13-23(45)46)12-20(40)33(52)57-15-21(41-32(51)30(38)39)26(47)18-7-9-19(10-8-18)44(55)56/h7-10,16-17,20-22,24-30,34,47-49H,5-6,11-15,40H2,1-4H3,(H,41,51)(H,42,50)(H,45,46)(H,53,54)/t16?,17?,20?,21?,22?,24-,25-,26?,27+,28-,29-,34-,36?/m1/s1. The molecule has 2 aliphatic heterocycles. The molecule has 1 aromatic rings. The monoisotopic (exact) mass is 915 g/mol. The number of carboxylic acids is 2. The van der Waals surface area contributed by atoms with Gasteiger partial charge in [0.25, 0.3) is 11.6 Å². The lowest BCUT2D eigenvalue weighted by atomic mass is 9.64. The number of nitro groups is 1. The Morgan fingerprint density at radius 3 is 2.25 bits per heavy atom. The normalized spacial score (nSPS) is 27.1. The third-order valence-electron chi connectivity index (χ3n) is 10.8. The molecule has 0 radical (unpaired) electrons. The highest BCUT2D eigenvalue weighted by molar-refractivity contribution is 7.99. The summed E-state index contributed by atoms with van der Waals surface area (Å²) in [6, 6.07) is -0.517. The van der Waals surface area contributed by atoms with Crippen molar-refractivity contribution in [2.75, 3.05) is 26.5 Å². The van der Waals surface area contributed by atoms with Gasteiger partial charge in [0.2, 0.25) is 5.91 Å². The lowest BCUT2D eigenvalue weighted by Crippen LogP contribution is -2.67. The predicted octanol–water partition coefficient (Wildman–Crippen LogP) is 1.38. The van der Waals surface area contributed by atoms with E-state index in [-0.39, 0.29) is 17.2 Å². The van der Waals surface area contributed by atoms with Crippen molar-refractivity contribution in [2.24, 2.45) is 23.0 Å². The molecule has 2 fully saturated rings. The number of hydrogen-bond acceptors (Lipinski definition) is 15. The number of likely N-dealkylation sites (tertiary alicyclic amines) is 1. The third-order valence-corrected chi connectivity index (χ3v) is 12.4. The molecule has 59 heavy (non-hydrogen) atoms. The van der Waals surface area contributed by atoms with Gasteiger partial charge in [-0.05, 0) is 63.1 Å². The number of aliphatic carboxylic acids is 2. The quantitative estimate of drug-likeness (QED) is 0.0374. The van der Waals surface area contributed by atoms with Crippen molar-refractivity contribution in [3.8, 4) is 0 Å². The molecular formula is C36H52Cl3N5O14S. The Morgan fingerprint density at radius 1 is 1.12 bits per heavy atom. The number of nitro benzene ring substituents is 1. The Bertz CT molecular complexity index is 1650. The zero-order chi connectivity index (χ0) is 44.5. The van der Waals surface area contributed by atoms with Gasteiger partial charge in [0, 0.05) is 24.6 Å². The van der Waals surface area contributed by atoms with Crippen LogP contribution in [0.1, 0.15) is 57.6 Å². The molecule has 0 aliphatic carbocycles. The molecule has 0 bridgehead atoms. The number of ether oxygens (including phenoxy) is 2. The summed E-state index contributed by atoms with van der Waals surface area (Å²) in [6.45, 7) is 3.45. The number of carbonyl (C=O) groups excluding carboxylic acids is 3. The topological polar surface area (TPSA) is 301 Å². The summed E-state index contributed by atoms with van der Waals surface area (Å²) in [5.74, 6) is -7.66. The molecule has 13 atom stereocenters. The minimum atomic E-state index is -2.61. The van der Waals surface area contributed by atoms with E-state index in [1.54, 1.807) is 0 Å². The molecule has 23 heteroatoms. The molecule has 332 valence electrons. The van der Waals surface area contributed by atoms with Crippen molar-refractivity contribution in [3.63, 3.8) is 0 Å². The lowest BCUT2D eigenvalue weighted by molar-refractivity contribution is -0.384. The molecule has 9 N–H and O–H groups in total. The highest BCUT2D eigenvalue weighted by Crippen LogP contribution is 2.48. The number of non-ortho nitro benzene ring substituents is 1. The van der Waals surface area contributed by atoms with Crippen LogP contribution in [0.5, 0.6) is 0 Å². The first-order valence-corrected chi connectivity index (χ1v) is 21.3. The van der Waals surface area contributed by atoms with E-state index in [0.29, 0.717) is 18.9 Å². The van der Waals surface area contributed by atoms with Gasteiger partial charge >= 0.3 is 17.9 Å². The second-order valence-electron chi connectivity index (χ2n) is 15.0. The Hall–Kier alpha value is -3.05. The number of halogens is 3. The van der Waals surface area contributed by atoms with Crippen LogP contribution in [0.25, 0.3) is 0 Å². The molecule has 0 saturated carbocycles. The molecule has 2 heterocycles. The summed E-state index contributed by atoms with van der Waals surface area (Å²) in [5, 5.41) is 70.4. The number of thioether (sulfide) groups is 1. The number of carbonyl (C=O) groups is 5. The molecule has 2 amide bonds. The van der Waals surface area contributed by atoms with Crippen LogP contribution in [-0.4, -0.2) is 150 Å². The Labute approximate surface area is 359 Å². The summed E-state index contributed by atoms with van der Waals surface area (Å²) in [6.07, 6.45) is -5.31. The Kier molecular flexibility index (Phi) is 18.9. The zero-order valence-corrected chi connectivity index (χ0v) is 35.8. The van der Waals surface area contributed by atoms with Gasteiger partial charge in [-0.3, -0.25) is 39.0 Å². The largest absolute Gasteiger partial charge is 0.481 e. The number of amides is 2. The lowest BCUT2D eigenvalue weighted by Gasteiger charge is -2.51. The van der Waals surface area contributed by atoms with Gasteiger partial charge in [-0.1, -0.05) is 36.5 Å². The fraction of sp³-hybridized carbons (Fsp3) is 0.694. The van der Waals surface area contributed by atoms with Crippen molar-refractivity contribution in [2.45, 2.75) is 110 Å². The molecule has 7 unspecified atom stereocenters. The highest BCUT2D eigenvalue weighted by atomic mass is 35.5. The van der Waals surface area contributed by atoms with Crippen LogP contribution in [-0.2, 0) is 33.4 Å². The smallest absolute Gasteiger partial charge is 0.323 e. The van der Waals surface area contributed by atoms with E-state index < -0.39 is 124 Å². The van der Waals surface area contributed by atoms with E-state index in [4.69, 9.17) is 50.0 Å². The van der Waals surface area contributed by atoms with Gasteiger partial charge < -0.3 is 51.4 Å². The van der Waals surface area contributed by atoms with E-state index in [1.165, 1.54) is 25.3 Å². The number of benzene rings is 1. The molecule has 2 saturated heterocycles. The van der Waals surface area contributed by atoms with Gasteiger partial charge in [-0.15, -0.1) is 23.4 Å². The summed E-state index contributed by atoms with van der Waals surface area (Å²) in [5.41, 5.74) is 1.94. The molecule has 19 nitrogen and oxygen atoms in total. The van der Waals surface area contributed by atoms with Crippen molar-refractivity contribution in [1.29, 1.82) is 0 Å². The van der Waals surface area contributed by atoms with Crippen molar-refractivity contribution in [1.82, 2.24) is 15.5 Å². The summed E-state index contributed by atoms with van der Waals surface area (Å²) < 4.78 is 11.5. The van der Waals surface area contributed by atoms with E-state index in [9.17, 15) is 59.6 Å². The number of likely N-dealkylation sites (N-methyl/N-ethyl adjacent to an activating group) is 1.